The van der Waals surface area contributed by atoms with Crippen molar-refractivity contribution in [3.8, 4) is 11.3 Å². The van der Waals surface area contributed by atoms with Gasteiger partial charge >= 0.3 is 0 Å². The van der Waals surface area contributed by atoms with Gasteiger partial charge < -0.3 is 0 Å². The van der Waals surface area contributed by atoms with Crippen molar-refractivity contribution in [1.82, 2.24) is 19.9 Å². The highest BCUT2D eigenvalue weighted by molar-refractivity contribution is 6.30. The summed E-state index contributed by atoms with van der Waals surface area (Å²) in [4.78, 5) is 16.5. The van der Waals surface area contributed by atoms with E-state index in [0.717, 1.165) is 48.2 Å². The lowest BCUT2D eigenvalue weighted by molar-refractivity contribution is 0.242. The Morgan fingerprint density at radius 3 is 2.46 bits per heavy atom. The molecule has 0 saturated heterocycles. The van der Waals surface area contributed by atoms with Crippen LogP contribution in [0.25, 0.3) is 11.3 Å². The van der Waals surface area contributed by atoms with Gasteiger partial charge in [0.15, 0.2) is 0 Å². The van der Waals surface area contributed by atoms with E-state index in [-0.39, 0.29) is 5.41 Å². The van der Waals surface area contributed by atoms with Crippen LogP contribution in [0.15, 0.2) is 48.8 Å². The molecular formula is C23H25ClN4. The molecule has 28 heavy (non-hydrogen) atoms. The molecule has 0 saturated carbocycles. The zero-order valence-corrected chi connectivity index (χ0v) is 17.4. The second kappa shape index (κ2) is 7.61. The molecule has 0 spiro atoms. The molecule has 0 amide bonds. The van der Waals surface area contributed by atoms with Gasteiger partial charge in [0.2, 0.25) is 0 Å². The fourth-order valence-corrected chi connectivity index (χ4v) is 3.56. The number of rotatable bonds is 3. The number of hydrogen-bond donors (Lipinski definition) is 0. The minimum Gasteiger partial charge on any atom is -0.294 e. The predicted octanol–water partition coefficient (Wildman–Crippen LogP) is 5.05. The van der Waals surface area contributed by atoms with Crippen molar-refractivity contribution in [1.29, 1.82) is 0 Å². The first-order valence-corrected chi connectivity index (χ1v) is 10.0. The molecule has 0 aliphatic carbocycles. The van der Waals surface area contributed by atoms with Crippen molar-refractivity contribution in [2.45, 2.75) is 45.7 Å². The quantitative estimate of drug-likeness (QED) is 0.625. The van der Waals surface area contributed by atoms with Crippen LogP contribution in [0.1, 0.15) is 43.4 Å². The van der Waals surface area contributed by atoms with Crippen LogP contribution in [-0.4, -0.2) is 26.4 Å². The molecule has 0 bridgehead atoms. The summed E-state index contributed by atoms with van der Waals surface area (Å²) in [7, 11) is 0. The van der Waals surface area contributed by atoms with Gasteiger partial charge in [0.25, 0.3) is 0 Å². The van der Waals surface area contributed by atoms with E-state index in [2.05, 4.69) is 47.8 Å². The Labute approximate surface area is 171 Å². The molecule has 1 aliphatic heterocycles. The molecular weight excluding hydrogens is 368 g/mol. The van der Waals surface area contributed by atoms with Gasteiger partial charge in [-0.1, -0.05) is 50.6 Å². The van der Waals surface area contributed by atoms with Crippen molar-refractivity contribution < 1.29 is 0 Å². The first kappa shape index (κ1) is 19.0. The Morgan fingerprint density at radius 1 is 1.00 bits per heavy atom. The minimum atomic E-state index is -0.0103. The Bertz CT molecular complexity index is 959. The third-order valence-electron chi connectivity index (χ3n) is 5.05. The van der Waals surface area contributed by atoms with Gasteiger partial charge in [0.05, 0.1) is 5.69 Å². The smallest absolute Gasteiger partial charge is 0.133 e. The summed E-state index contributed by atoms with van der Waals surface area (Å²) in [5.74, 6) is 0.932. The summed E-state index contributed by atoms with van der Waals surface area (Å²) in [5, 5.41) is 0.740. The van der Waals surface area contributed by atoms with E-state index in [0.29, 0.717) is 0 Å². The first-order valence-electron chi connectivity index (χ1n) is 9.67. The molecule has 0 radical (unpaired) electrons. The molecule has 3 heterocycles. The zero-order chi connectivity index (χ0) is 19.7. The van der Waals surface area contributed by atoms with Crippen LogP contribution in [0, 0.1) is 0 Å². The highest BCUT2D eigenvalue weighted by Gasteiger charge is 2.22. The topological polar surface area (TPSA) is 41.9 Å². The van der Waals surface area contributed by atoms with Crippen LogP contribution in [0.3, 0.4) is 0 Å². The van der Waals surface area contributed by atoms with Crippen LogP contribution in [0.2, 0.25) is 5.02 Å². The van der Waals surface area contributed by atoms with E-state index in [1.807, 2.05) is 36.7 Å². The number of benzene rings is 1. The van der Waals surface area contributed by atoms with Crippen molar-refractivity contribution in [2.75, 3.05) is 6.54 Å². The third kappa shape index (κ3) is 4.23. The SMILES string of the molecule is CC(C)(C)c1ncc2c(n1)CCN(Cc1ccc(-c3ccc(Cl)cc3)nc1)C2. The summed E-state index contributed by atoms with van der Waals surface area (Å²) >= 11 is 5.96. The summed E-state index contributed by atoms with van der Waals surface area (Å²) in [5.41, 5.74) is 5.69. The van der Waals surface area contributed by atoms with E-state index >= 15 is 0 Å². The highest BCUT2D eigenvalue weighted by Crippen LogP contribution is 2.24. The molecule has 1 aliphatic rings. The van der Waals surface area contributed by atoms with Crippen molar-refractivity contribution in [2.24, 2.45) is 0 Å². The number of nitrogens with zero attached hydrogens (tertiary/aromatic N) is 4. The van der Waals surface area contributed by atoms with Crippen molar-refractivity contribution >= 4 is 11.6 Å². The summed E-state index contributed by atoms with van der Waals surface area (Å²) in [6.07, 6.45) is 4.95. The molecule has 1 aromatic carbocycles. The second-order valence-corrected chi connectivity index (χ2v) is 8.87. The number of hydrogen-bond acceptors (Lipinski definition) is 4. The molecule has 4 nitrogen and oxygen atoms in total. The lowest BCUT2D eigenvalue weighted by Crippen LogP contribution is -2.32. The lowest BCUT2D eigenvalue weighted by atomic mass is 9.95. The maximum absolute atomic E-state index is 5.96. The van der Waals surface area contributed by atoms with Gasteiger partial charge in [-0.3, -0.25) is 9.88 Å². The molecule has 144 valence electrons. The number of halogens is 1. The second-order valence-electron chi connectivity index (χ2n) is 8.43. The standard InChI is InChI=1S/C23H25ClN4/c1-23(2,3)22-26-13-18-15-28(11-10-21(18)27-22)14-16-4-9-20(25-12-16)17-5-7-19(24)8-6-17/h4-9,12-13H,10-11,14-15H2,1-3H3. The summed E-state index contributed by atoms with van der Waals surface area (Å²) in [6, 6.07) is 12.0. The maximum Gasteiger partial charge on any atom is 0.133 e. The van der Waals surface area contributed by atoms with Crippen LogP contribution >= 0.6 is 11.6 Å². The monoisotopic (exact) mass is 392 g/mol. The molecule has 2 aromatic heterocycles. The molecule has 0 N–H and O–H groups in total. The lowest BCUT2D eigenvalue weighted by Gasteiger charge is -2.29. The van der Waals surface area contributed by atoms with Gasteiger partial charge in [-0.05, 0) is 23.8 Å². The van der Waals surface area contributed by atoms with Crippen molar-refractivity contribution in [3.63, 3.8) is 0 Å². The Hall–Kier alpha value is -2.30. The minimum absolute atomic E-state index is 0.0103. The van der Waals surface area contributed by atoms with Crippen molar-refractivity contribution in [3.05, 3.63) is 76.5 Å². The van der Waals surface area contributed by atoms with E-state index in [4.69, 9.17) is 16.6 Å². The van der Waals surface area contributed by atoms with Gasteiger partial charge in [-0.2, -0.15) is 0 Å². The van der Waals surface area contributed by atoms with Crippen LogP contribution in [0.4, 0.5) is 0 Å². The molecule has 0 atom stereocenters. The highest BCUT2D eigenvalue weighted by atomic mass is 35.5. The Balaban J connectivity index is 1.43. The fraction of sp³-hybridized carbons (Fsp3) is 0.348. The van der Waals surface area contributed by atoms with Crippen LogP contribution in [-0.2, 0) is 24.9 Å². The summed E-state index contributed by atoms with van der Waals surface area (Å²) < 4.78 is 0. The number of aromatic nitrogens is 3. The summed E-state index contributed by atoms with van der Waals surface area (Å²) in [6.45, 7) is 9.25. The third-order valence-corrected chi connectivity index (χ3v) is 5.31. The van der Waals surface area contributed by atoms with Gasteiger partial charge in [-0.15, -0.1) is 0 Å². The molecule has 3 aromatic rings. The van der Waals surface area contributed by atoms with Gasteiger partial charge in [0, 0.05) is 65.7 Å². The molecule has 5 heteroatoms. The number of pyridine rings is 1. The molecule has 0 unspecified atom stereocenters. The van der Waals surface area contributed by atoms with Crippen LogP contribution < -0.4 is 0 Å². The average molecular weight is 393 g/mol. The fourth-order valence-electron chi connectivity index (χ4n) is 3.44. The Morgan fingerprint density at radius 2 is 1.79 bits per heavy atom. The van der Waals surface area contributed by atoms with E-state index in [1.54, 1.807) is 0 Å². The first-order chi connectivity index (χ1) is 13.4. The van der Waals surface area contributed by atoms with Crippen LogP contribution in [0.5, 0.6) is 0 Å². The zero-order valence-electron chi connectivity index (χ0n) is 16.6. The van der Waals surface area contributed by atoms with E-state index in [1.165, 1.54) is 16.8 Å². The largest absolute Gasteiger partial charge is 0.294 e. The predicted molar refractivity (Wildman–Crippen MR) is 113 cm³/mol. The molecule has 4 rings (SSSR count). The maximum atomic E-state index is 5.96. The average Bonchev–Trinajstić information content (AvgIpc) is 2.68. The van der Waals surface area contributed by atoms with E-state index < -0.39 is 0 Å². The van der Waals surface area contributed by atoms with Gasteiger partial charge in [0.1, 0.15) is 5.82 Å². The van der Waals surface area contributed by atoms with E-state index in [9.17, 15) is 0 Å². The number of fused-ring (bicyclic) bond motifs is 1. The molecule has 0 fully saturated rings. The Kier molecular flexibility index (Phi) is 5.17. The normalized spacial score (nSPS) is 14.7. The van der Waals surface area contributed by atoms with Gasteiger partial charge in [-0.25, -0.2) is 9.97 Å².